The average Bonchev–Trinajstić information content (AvgIpc) is 2.56. The molecular formula is C18H19BrN2O. The number of carbonyl (C=O) groups excluding carboxylic acids is 1. The van der Waals surface area contributed by atoms with E-state index in [1.807, 2.05) is 29.2 Å². The zero-order valence-corrected chi connectivity index (χ0v) is 14.2. The number of halogens is 1. The number of hydrogen-bond donors (Lipinski definition) is 0. The summed E-state index contributed by atoms with van der Waals surface area (Å²) in [5.41, 5.74) is 3.32. The molecule has 0 saturated carbocycles. The van der Waals surface area contributed by atoms with Crippen LogP contribution in [-0.2, 0) is 0 Å². The molecule has 114 valence electrons. The molecule has 0 aromatic heterocycles. The van der Waals surface area contributed by atoms with Crippen molar-refractivity contribution in [2.45, 2.75) is 6.92 Å². The van der Waals surface area contributed by atoms with E-state index in [-0.39, 0.29) is 5.91 Å². The fraction of sp³-hybridized carbons (Fsp3) is 0.278. The van der Waals surface area contributed by atoms with Gasteiger partial charge in [0.15, 0.2) is 0 Å². The maximum absolute atomic E-state index is 12.5. The van der Waals surface area contributed by atoms with Gasteiger partial charge in [0.05, 0.1) is 0 Å². The van der Waals surface area contributed by atoms with Gasteiger partial charge < -0.3 is 9.80 Å². The molecule has 1 heterocycles. The van der Waals surface area contributed by atoms with Crippen molar-refractivity contribution in [3.63, 3.8) is 0 Å². The maximum atomic E-state index is 12.5. The van der Waals surface area contributed by atoms with Gasteiger partial charge in [0.1, 0.15) is 0 Å². The Hall–Kier alpha value is -1.81. The Bertz CT molecular complexity index is 661. The molecule has 0 aliphatic carbocycles. The highest BCUT2D eigenvalue weighted by Gasteiger charge is 2.22. The standard InChI is InChI=1S/C18H19BrN2O/c1-14-4-2-3-5-17(14)20-10-12-21(13-11-20)18(22)15-6-8-16(19)9-7-15/h2-9H,10-13H2,1H3. The van der Waals surface area contributed by atoms with Crippen molar-refractivity contribution in [2.75, 3.05) is 31.1 Å². The van der Waals surface area contributed by atoms with E-state index in [1.165, 1.54) is 11.3 Å². The van der Waals surface area contributed by atoms with Crippen LogP contribution >= 0.6 is 15.9 Å². The molecule has 0 N–H and O–H groups in total. The van der Waals surface area contributed by atoms with Gasteiger partial charge in [-0.25, -0.2) is 0 Å². The van der Waals surface area contributed by atoms with Crippen LogP contribution in [-0.4, -0.2) is 37.0 Å². The lowest BCUT2D eigenvalue weighted by Gasteiger charge is -2.36. The quantitative estimate of drug-likeness (QED) is 0.816. The van der Waals surface area contributed by atoms with Crippen molar-refractivity contribution >= 4 is 27.5 Å². The van der Waals surface area contributed by atoms with Gasteiger partial charge in [-0.1, -0.05) is 34.1 Å². The van der Waals surface area contributed by atoms with Crippen molar-refractivity contribution in [3.8, 4) is 0 Å². The molecule has 3 rings (SSSR count). The van der Waals surface area contributed by atoms with Crippen LogP contribution in [0.1, 0.15) is 15.9 Å². The second kappa shape index (κ2) is 6.53. The second-order valence-corrected chi connectivity index (χ2v) is 6.49. The number of benzene rings is 2. The SMILES string of the molecule is Cc1ccccc1N1CCN(C(=O)c2ccc(Br)cc2)CC1. The van der Waals surface area contributed by atoms with Crippen molar-refractivity contribution < 1.29 is 4.79 Å². The van der Waals surface area contributed by atoms with Crippen molar-refractivity contribution in [3.05, 3.63) is 64.1 Å². The molecule has 1 aliphatic rings. The number of nitrogens with zero attached hydrogens (tertiary/aromatic N) is 2. The Labute approximate surface area is 139 Å². The van der Waals surface area contributed by atoms with Gasteiger partial charge in [0.25, 0.3) is 5.91 Å². The van der Waals surface area contributed by atoms with E-state index < -0.39 is 0 Å². The Morgan fingerprint density at radius 2 is 1.59 bits per heavy atom. The summed E-state index contributed by atoms with van der Waals surface area (Å²) in [6.07, 6.45) is 0. The molecule has 4 heteroatoms. The monoisotopic (exact) mass is 358 g/mol. The summed E-state index contributed by atoms with van der Waals surface area (Å²) < 4.78 is 0.994. The smallest absolute Gasteiger partial charge is 0.253 e. The summed E-state index contributed by atoms with van der Waals surface area (Å²) in [6, 6.07) is 16.0. The van der Waals surface area contributed by atoms with E-state index in [9.17, 15) is 4.79 Å². The Morgan fingerprint density at radius 3 is 2.23 bits per heavy atom. The van der Waals surface area contributed by atoms with Gasteiger partial charge in [-0.2, -0.15) is 0 Å². The average molecular weight is 359 g/mol. The minimum atomic E-state index is 0.122. The molecule has 0 atom stereocenters. The summed E-state index contributed by atoms with van der Waals surface area (Å²) in [5.74, 6) is 0.122. The molecular weight excluding hydrogens is 340 g/mol. The van der Waals surface area contributed by atoms with Crippen LogP contribution in [0, 0.1) is 6.92 Å². The Kier molecular flexibility index (Phi) is 4.48. The van der Waals surface area contributed by atoms with Crippen LogP contribution < -0.4 is 4.90 Å². The second-order valence-electron chi connectivity index (χ2n) is 5.57. The highest BCUT2D eigenvalue weighted by molar-refractivity contribution is 9.10. The van der Waals surface area contributed by atoms with Gasteiger partial charge in [-0.05, 0) is 42.8 Å². The summed E-state index contributed by atoms with van der Waals surface area (Å²) in [5, 5.41) is 0. The Balaban J connectivity index is 1.65. The number of amides is 1. The summed E-state index contributed by atoms with van der Waals surface area (Å²) in [4.78, 5) is 16.8. The van der Waals surface area contributed by atoms with E-state index in [2.05, 4.69) is 52.0 Å². The molecule has 22 heavy (non-hydrogen) atoms. The van der Waals surface area contributed by atoms with Gasteiger partial charge in [0.2, 0.25) is 0 Å². The zero-order valence-electron chi connectivity index (χ0n) is 12.6. The van der Waals surface area contributed by atoms with Crippen LogP contribution in [0.5, 0.6) is 0 Å². The van der Waals surface area contributed by atoms with Crippen molar-refractivity contribution in [2.24, 2.45) is 0 Å². The van der Waals surface area contributed by atoms with Crippen LogP contribution in [0.2, 0.25) is 0 Å². The molecule has 1 amide bonds. The molecule has 1 saturated heterocycles. The van der Waals surface area contributed by atoms with Crippen molar-refractivity contribution in [1.29, 1.82) is 0 Å². The lowest BCUT2D eigenvalue weighted by Crippen LogP contribution is -2.49. The van der Waals surface area contributed by atoms with Crippen LogP contribution in [0.25, 0.3) is 0 Å². The Morgan fingerprint density at radius 1 is 0.955 bits per heavy atom. The number of carbonyl (C=O) groups is 1. The first kappa shape index (κ1) is 15.1. The molecule has 0 radical (unpaired) electrons. The first-order valence-corrected chi connectivity index (χ1v) is 8.30. The van der Waals surface area contributed by atoms with E-state index in [0.717, 1.165) is 36.2 Å². The highest BCUT2D eigenvalue weighted by Crippen LogP contribution is 2.21. The van der Waals surface area contributed by atoms with Crippen molar-refractivity contribution in [1.82, 2.24) is 4.90 Å². The fourth-order valence-corrected chi connectivity index (χ4v) is 3.11. The van der Waals surface area contributed by atoms with Crippen LogP contribution in [0.15, 0.2) is 53.0 Å². The van der Waals surface area contributed by atoms with E-state index in [4.69, 9.17) is 0 Å². The van der Waals surface area contributed by atoms with Crippen LogP contribution in [0.4, 0.5) is 5.69 Å². The number of para-hydroxylation sites is 1. The number of aryl methyl sites for hydroxylation is 1. The third-order valence-corrected chi connectivity index (χ3v) is 4.64. The summed E-state index contributed by atoms with van der Waals surface area (Å²) >= 11 is 3.40. The molecule has 3 nitrogen and oxygen atoms in total. The lowest BCUT2D eigenvalue weighted by atomic mass is 10.1. The van der Waals surface area contributed by atoms with Crippen LogP contribution in [0.3, 0.4) is 0 Å². The molecule has 0 bridgehead atoms. The zero-order chi connectivity index (χ0) is 15.5. The topological polar surface area (TPSA) is 23.6 Å². The number of piperazine rings is 1. The maximum Gasteiger partial charge on any atom is 0.253 e. The number of rotatable bonds is 2. The summed E-state index contributed by atoms with van der Waals surface area (Å²) in [6.45, 7) is 5.43. The van der Waals surface area contributed by atoms with E-state index >= 15 is 0 Å². The third-order valence-electron chi connectivity index (χ3n) is 4.11. The molecule has 0 unspecified atom stereocenters. The third kappa shape index (κ3) is 3.17. The van der Waals surface area contributed by atoms with E-state index in [1.54, 1.807) is 0 Å². The van der Waals surface area contributed by atoms with Gasteiger partial charge in [0, 0.05) is 41.9 Å². The normalized spacial score (nSPS) is 15.0. The predicted molar refractivity (Wildman–Crippen MR) is 93.4 cm³/mol. The predicted octanol–water partition coefficient (Wildman–Crippen LogP) is 3.72. The number of hydrogen-bond acceptors (Lipinski definition) is 2. The summed E-state index contributed by atoms with van der Waals surface area (Å²) in [7, 11) is 0. The first-order valence-electron chi connectivity index (χ1n) is 7.50. The molecule has 2 aromatic carbocycles. The van der Waals surface area contributed by atoms with Gasteiger partial charge in [-0.15, -0.1) is 0 Å². The van der Waals surface area contributed by atoms with E-state index in [0.29, 0.717) is 0 Å². The van der Waals surface area contributed by atoms with Gasteiger partial charge >= 0.3 is 0 Å². The number of anilines is 1. The minimum absolute atomic E-state index is 0.122. The molecule has 2 aromatic rings. The molecule has 1 fully saturated rings. The molecule has 0 spiro atoms. The van der Waals surface area contributed by atoms with Gasteiger partial charge in [-0.3, -0.25) is 4.79 Å². The fourth-order valence-electron chi connectivity index (χ4n) is 2.84. The molecule has 1 aliphatic heterocycles. The highest BCUT2D eigenvalue weighted by atomic mass is 79.9. The minimum Gasteiger partial charge on any atom is -0.368 e. The first-order chi connectivity index (χ1) is 10.6. The largest absolute Gasteiger partial charge is 0.368 e. The lowest BCUT2D eigenvalue weighted by molar-refractivity contribution is 0.0747.